The second-order valence-corrected chi connectivity index (χ2v) is 12.7. The van der Waals surface area contributed by atoms with E-state index in [4.69, 9.17) is 9.47 Å². The zero-order valence-corrected chi connectivity index (χ0v) is 27.5. The Morgan fingerprint density at radius 2 is 1.50 bits per heavy atom. The lowest BCUT2D eigenvalue weighted by molar-refractivity contribution is -0.140. The zero-order valence-electron chi connectivity index (χ0n) is 26.7. The first-order chi connectivity index (χ1) is 22.2. The first-order valence-corrected chi connectivity index (χ1v) is 16.6. The molecule has 0 aliphatic carbocycles. The number of carbonyl (C=O) groups excluding carboxylic acids is 2. The molecule has 242 valence electrons. The van der Waals surface area contributed by atoms with Crippen molar-refractivity contribution >= 4 is 27.5 Å². The number of para-hydroxylation sites is 2. The Bertz CT molecular complexity index is 1710. The SMILES string of the molecule is CCCNC(=O)[C@@H](Cc1ccccc1)N(Cc1cccc(OC)c1)C(=O)CN(c1ccccc1OC)S(=O)(=O)c1ccc(C)cc1. The largest absolute Gasteiger partial charge is 0.497 e. The molecule has 0 radical (unpaired) electrons. The van der Waals surface area contributed by atoms with Gasteiger partial charge in [-0.25, -0.2) is 8.42 Å². The van der Waals surface area contributed by atoms with Crippen LogP contribution >= 0.6 is 0 Å². The molecule has 0 heterocycles. The lowest BCUT2D eigenvalue weighted by atomic mass is 10.0. The van der Waals surface area contributed by atoms with Gasteiger partial charge < -0.3 is 19.7 Å². The summed E-state index contributed by atoms with van der Waals surface area (Å²) in [5.74, 6) is -0.00595. The summed E-state index contributed by atoms with van der Waals surface area (Å²) in [7, 11) is -1.25. The molecule has 0 aliphatic heterocycles. The number of nitrogens with one attached hydrogen (secondary N) is 1. The maximum atomic E-state index is 14.6. The third-order valence-electron chi connectivity index (χ3n) is 7.55. The van der Waals surface area contributed by atoms with Crippen molar-refractivity contribution in [3.05, 3.63) is 120 Å². The zero-order chi connectivity index (χ0) is 33.1. The fourth-order valence-electron chi connectivity index (χ4n) is 5.07. The normalized spacial score (nSPS) is 11.7. The van der Waals surface area contributed by atoms with Crippen LogP contribution in [0.1, 0.15) is 30.0 Å². The van der Waals surface area contributed by atoms with Crippen LogP contribution in [0.4, 0.5) is 5.69 Å². The van der Waals surface area contributed by atoms with Crippen molar-refractivity contribution in [2.75, 3.05) is 31.6 Å². The van der Waals surface area contributed by atoms with E-state index in [0.29, 0.717) is 18.7 Å². The summed E-state index contributed by atoms with van der Waals surface area (Å²) in [5.41, 5.74) is 2.68. The highest BCUT2D eigenvalue weighted by Crippen LogP contribution is 2.33. The number of methoxy groups -OCH3 is 2. The maximum absolute atomic E-state index is 14.6. The molecular formula is C36H41N3O6S. The maximum Gasteiger partial charge on any atom is 0.264 e. The summed E-state index contributed by atoms with van der Waals surface area (Å²) in [6.07, 6.45) is 0.940. The van der Waals surface area contributed by atoms with Crippen molar-refractivity contribution in [1.29, 1.82) is 0 Å². The van der Waals surface area contributed by atoms with Crippen LogP contribution in [0.25, 0.3) is 0 Å². The Balaban J connectivity index is 1.83. The number of carbonyl (C=O) groups is 2. The third kappa shape index (κ3) is 8.45. The average Bonchev–Trinajstić information content (AvgIpc) is 3.08. The first-order valence-electron chi connectivity index (χ1n) is 15.1. The lowest BCUT2D eigenvalue weighted by Gasteiger charge is -2.34. The molecule has 4 aromatic rings. The van der Waals surface area contributed by atoms with Crippen molar-refractivity contribution in [1.82, 2.24) is 10.2 Å². The average molecular weight is 644 g/mol. The minimum Gasteiger partial charge on any atom is -0.497 e. The van der Waals surface area contributed by atoms with Crippen LogP contribution < -0.4 is 19.1 Å². The van der Waals surface area contributed by atoms with Crippen molar-refractivity contribution in [2.45, 2.75) is 44.2 Å². The number of hydrogen-bond acceptors (Lipinski definition) is 6. The summed E-state index contributed by atoms with van der Waals surface area (Å²) in [5, 5.41) is 2.95. The standard InChI is InChI=1S/C36H41N3O6S/c1-5-22-37-36(41)33(24-28-12-7-6-8-13-28)38(25-29-14-11-15-30(23-29)44-3)35(40)26-39(32-16-9-10-17-34(32)45-4)46(42,43)31-20-18-27(2)19-21-31/h6-21,23,33H,5,22,24-26H2,1-4H3,(H,37,41)/t33-/m1/s1. The molecule has 4 aromatic carbocycles. The van der Waals surface area contributed by atoms with E-state index in [-0.39, 0.29) is 35.2 Å². The predicted molar refractivity (Wildman–Crippen MR) is 179 cm³/mol. The molecule has 0 unspecified atom stereocenters. The molecule has 0 aromatic heterocycles. The number of nitrogens with zero attached hydrogens (tertiary/aromatic N) is 2. The summed E-state index contributed by atoms with van der Waals surface area (Å²) in [6.45, 7) is 3.71. The summed E-state index contributed by atoms with van der Waals surface area (Å²) < 4.78 is 40.5. The van der Waals surface area contributed by atoms with Crippen LogP contribution in [0.5, 0.6) is 11.5 Å². The summed E-state index contributed by atoms with van der Waals surface area (Å²) in [4.78, 5) is 29.9. The van der Waals surface area contributed by atoms with E-state index in [1.165, 1.54) is 24.1 Å². The van der Waals surface area contributed by atoms with Gasteiger partial charge in [0, 0.05) is 19.5 Å². The molecule has 9 nitrogen and oxygen atoms in total. The molecule has 0 spiro atoms. The van der Waals surface area contributed by atoms with Gasteiger partial charge in [0.15, 0.2) is 0 Å². The minimum absolute atomic E-state index is 0.0256. The summed E-state index contributed by atoms with van der Waals surface area (Å²) in [6, 6.07) is 28.8. The Hall–Kier alpha value is -4.83. The van der Waals surface area contributed by atoms with E-state index in [1.54, 1.807) is 55.6 Å². The number of benzene rings is 4. The van der Waals surface area contributed by atoms with Crippen LogP contribution in [-0.4, -0.2) is 58.5 Å². The smallest absolute Gasteiger partial charge is 0.264 e. The molecule has 0 bridgehead atoms. The van der Waals surface area contributed by atoms with Crippen LogP contribution in [0.15, 0.2) is 108 Å². The van der Waals surface area contributed by atoms with Crippen LogP contribution in [0.3, 0.4) is 0 Å². The molecule has 2 amide bonds. The predicted octanol–water partition coefficient (Wildman–Crippen LogP) is 5.37. The molecule has 1 atom stereocenters. The number of aryl methyl sites for hydroxylation is 1. The number of rotatable bonds is 15. The van der Waals surface area contributed by atoms with Gasteiger partial charge in [0.2, 0.25) is 11.8 Å². The van der Waals surface area contributed by atoms with E-state index in [0.717, 1.165) is 21.0 Å². The van der Waals surface area contributed by atoms with Crippen molar-refractivity contribution in [3.63, 3.8) is 0 Å². The van der Waals surface area contributed by atoms with Crippen LogP contribution in [-0.2, 0) is 32.6 Å². The molecule has 1 N–H and O–H groups in total. The molecule has 0 saturated heterocycles. The second-order valence-electron chi connectivity index (χ2n) is 10.9. The van der Waals surface area contributed by atoms with E-state index >= 15 is 0 Å². The van der Waals surface area contributed by atoms with Gasteiger partial charge in [-0.05, 0) is 60.9 Å². The highest BCUT2D eigenvalue weighted by molar-refractivity contribution is 7.92. The number of amides is 2. The monoisotopic (exact) mass is 643 g/mol. The quantitative estimate of drug-likeness (QED) is 0.187. The van der Waals surface area contributed by atoms with E-state index in [9.17, 15) is 18.0 Å². The number of ether oxygens (including phenoxy) is 2. The third-order valence-corrected chi connectivity index (χ3v) is 9.32. The molecule has 10 heteroatoms. The van der Waals surface area contributed by atoms with Gasteiger partial charge in [-0.15, -0.1) is 0 Å². The van der Waals surface area contributed by atoms with E-state index in [2.05, 4.69) is 5.32 Å². The molecule has 46 heavy (non-hydrogen) atoms. The molecular weight excluding hydrogens is 602 g/mol. The van der Waals surface area contributed by atoms with Crippen molar-refractivity contribution < 1.29 is 27.5 Å². The fourth-order valence-corrected chi connectivity index (χ4v) is 6.50. The number of anilines is 1. The van der Waals surface area contributed by atoms with Crippen molar-refractivity contribution in [2.24, 2.45) is 0 Å². The Labute approximate surface area is 271 Å². The van der Waals surface area contributed by atoms with Gasteiger partial charge in [-0.2, -0.15) is 0 Å². The molecule has 0 fully saturated rings. The van der Waals surface area contributed by atoms with Gasteiger partial charge in [-0.1, -0.05) is 79.2 Å². The first kappa shape index (κ1) is 34.1. The molecule has 4 rings (SSSR count). The fraction of sp³-hybridized carbons (Fsp3) is 0.278. The minimum atomic E-state index is -4.25. The highest BCUT2D eigenvalue weighted by Gasteiger charge is 2.35. The summed E-state index contributed by atoms with van der Waals surface area (Å²) >= 11 is 0. The van der Waals surface area contributed by atoms with Gasteiger partial charge in [0.1, 0.15) is 24.1 Å². The van der Waals surface area contributed by atoms with E-state index < -0.39 is 28.5 Å². The lowest BCUT2D eigenvalue weighted by Crippen LogP contribution is -2.53. The van der Waals surface area contributed by atoms with Crippen LogP contribution in [0, 0.1) is 6.92 Å². The Kier molecular flexibility index (Phi) is 11.8. The van der Waals surface area contributed by atoms with Gasteiger partial charge in [0.05, 0.1) is 24.8 Å². The Morgan fingerprint density at radius 1 is 0.826 bits per heavy atom. The number of sulfonamides is 1. The second kappa shape index (κ2) is 15.9. The van der Waals surface area contributed by atoms with Gasteiger partial charge in [-0.3, -0.25) is 13.9 Å². The van der Waals surface area contributed by atoms with Crippen molar-refractivity contribution in [3.8, 4) is 11.5 Å². The molecule has 0 saturated carbocycles. The highest BCUT2D eigenvalue weighted by atomic mass is 32.2. The Morgan fingerprint density at radius 3 is 2.17 bits per heavy atom. The van der Waals surface area contributed by atoms with Gasteiger partial charge in [0.25, 0.3) is 10.0 Å². The molecule has 0 aliphatic rings. The topological polar surface area (TPSA) is 105 Å². The number of hydrogen-bond donors (Lipinski definition) is 1. The van der Waals surface area contributed by atoms with Gasteiger partial charge >= 0.3 is 0 Å². The van der Waals surface area contributed by atoms with Crippen LogP contribution in [0.2, 0.25) is 0 Å². The van der Waals surface area contributed by atoms with E-state index in [1.807, 2.05) is 56.3 Å².